The summed E-state index contributed by atoms with van der Waals surface area (Å²) in [5.74, 6) is 0. The van der Waals surface area contributed by atoms with Gasteiger partial charge in [-0.05, 0) is 43.7 Å². The van der Waals surface area contributed by atoms with E-state index in [2.05, 4.69) is 4.98 Å². The Morgan fingerprint density at radius 1 is 1.56 bits per heavy atom. The number of rotatable bonds is 5. The molecule has 0 amide bonds. The van der Waals surface area contributed by atoms with Crippen LogP contribution in [-0.2, 0) is 4.74 Å². The second kappa shape index (κ2) is 5.97. The monoisotopic (exact) mass is 220 g/mol. The van der Waals surface area contributed by atoms with Gasteiger partial charge in [0.15, 0.2) is 0 Å². The van der Waals surface area contributed by atoms with E-state index in [0.29, 0.717) is 6.10 Å². The fourth-order valence-corrected chi connectivity index (χ4v) is 2.20. The smallest absolute Gasteiger partial charge is 0.0576 e. The summed E-state index contributed by atoms with van der Waals surface area (Å²) in [6.07, 6.45) is 9.88. The number of aromatic nitrogens is 1. The van der Waals surface area contributed by atoms with Crippen molar-refractivity contribution >= 4 is 0 Å². The SMILES string of the molecule is NC(CCCC1CCCO1)c1cccnc1. The fourth-order valence-electron chi connectivity index (χ4n) is 2.20. The fraction of sp³-hybridized carbons (Fsp3) is 0.615. The van der Waals surface area contributed by atoms with Gasteiger partial charge < -0.3 is 10.5 Å². The van der Waals surface area contributed by atoms with Crippen molar-refractivity contribution in [2.45, 2.75) is 44.2 Å². The third-order valence-corrected chi connectivity index (χ3v) is 3.18. The topological polar surface area (TPSA) is 48.1 Å². The predicted octanol–water partition coefficient (Wildman–Crippen LogP) is 2.43. The normalized spacial score (nSPS) is 22.2. The van der Waals surface area contributed by atoms with Crippen LogP contribution in [0.2, 0.25) is 0 Å². The minimum Gasteiger partial charge on any atom is -0.378 e. The Balaban J connectivity index is 1.69. The molecular formula is C13H20N2O. The molecule has 0 aliphatic carbocycles. The molecule has 3 nitrogen and oxygen atoms in total. The van der Waals surface area contributed by atoms with E-state index < -0.39 is 0 Å². The molecule has 2 heterocycles. The lowest BCUT2D eigenvalue weighted by Crippen LogP contribution is -2.12. The number of hydrogen-bond acceptors (Lipinski definition) is 3. The molecule has 16 heavy (non-hydrogen) atoms. The summed E-state index contributed by atoms with van der Waals surface area (Å²) in [5, 5.41) is 0. The molecule has 1 aromatic heterocycles. The molecule has 88 valence electrons. The minimum absolute atomic E-state index is 0.120. The van der Waals surface area contributed by atoms with E-state index in [1.807, 2.05) is 18.3 Å². The number of hydrogen-bond donors (Lipinski definition) is 1. The van der Waals surface area contributed by atoms with Gasteiger partial charge in [0.25, 0.3) is 0 Å². The summed E-state index contributed by atoms with van der Waals surface area (Å²) in [4.78, 5) is 4.09. The Bertz CT molecular complexity index is 296. The predicted molar refractivity (Wildman–Crippen MR) is 64.0 cm³/mol. The Morgan fingerprint density at radius 2 is 2.50 bits per heavy atom. The largest absolute Gasteiger partial charge is 0.378 e. The molecule has 1 fully saturated rings. The van der Waals surface area contributed by atoms with Crippen molar-refractivity contribution in [2.24, 2.45) is 5.73 Å². The van der Waals surface area contributed by atoms with E-state index in [-0.39, 0.29) is 6.04 Å². The van der Waals surface area contributed by atoms with Gasteiger partial charge in [0, 0.05) is 25.0 Å². The van der Waals surface area contributed by atoms with Gasteiger partial charge in [-0.1, -0.05) is 6.07 Å². The van der Waals surface area contributed by atoms with Gasteiger partial charge in [-0.15, -0.1) is 0 Å². The highest BCUT2D eigenvalue weighted by molar-refractivity contribution is 5.12. The van der Waals surface area contributed by atoms with Crippen molar-refractivity contribution < 1.29 is 4.74 Å². The molecule has 3 heteroatoms. The van der Waals surface area contributed by atoms with Gasteiger partial charge in [0.1, 0.15) is 0 Å². The summed E-state index contributed by atoms with van der Waals surface area (Å²) < 4.78 is 5.59. The maximum atomic E-state index is 6.10. The van der Waals surface area contributed by atoms with Gasteiger partial charge in [0.05, 0.1) is 6.10 Å². The summed E-state index contributed by atoms with van der Waals surface area (Å²) >= 11 is 0. The third-order valence-electron chi connectivity index (χ3n) is 3.18. The maximum Gasteiger partial charge on any atom is 0.0576 e. The summed E-state index contributed by atoms with van der Waals surface area (Å²) in [6.45, 7) is 0.944. The Kier molecular flexibility index (Phi) is 4.31. The zero-order valence-corrected chi connectivity index (χ0v) is 9.64. The zero-order chi connectivity index (χ0) is 11.2. The number of nitrogens with two attached hydrogens (primary N) is 1. The van der Waals surface area contributed by atoms with Crippen LogP contribution in [-0.4, -0.2) is 17.7 Å². The first-order chi connectivity index (χ1) is 7.86. The number of ether oxygens (including phenoxy) is 1. The number of pyridine rings is 1. The molecule has 0 bridgehead atoms. The maximum absolute atomic E-state index is 6.10. The molecule has 1 aliphatic heterocycles. The standard InChI is InChI=1S/C13H20N2O/c14-13(11-4-2-8-15-10-11)7-1-5-12-6-3-9-16-12/h2,4,8,10,12-13H,1,3,5-7,9,14H2. The molecule has 0 radical (unpaired) electrons. The van der Waals surface area contributed by atoms with Crippen molar-refractivity contribution in [1.82, 2.24) is 4.98 Å². The lowest BCUT2D eigenvalue weighted by Gasteiger charge is -2.13. The first kappa shape index (κ1) is 11.6. The van der Waals surface area contributed by atoms with E-state index in [9.17, 15) is 0 Å². The van der Waals surface area contributed by atoms with E-state index in [4.69, 9.17) is 10.5 Å². The minimum atomic E-state index is 0.120. The van der Waals surface area contributed by atoms with E-state index in [1.54, 1.807) is 6.20 Å². The van der Waals surface area contributed by atoms with Crippen molar-refractivity contribution in [2.75, 3.05) is 6.61 Å². The van der Waals surface area contributed by atoms with Crippen molar-refractivity contribution in [3.63, 3.8) is 0 Å². The summed E-state index contributed by atoms with van der Waals surface area (Å²) in [7, 11) is 0. The summed E-state index contributed by atoms with van der Waals surface area (Å²) in [6, 6.07) is 4.11. The van der Waals surface area contributed by atoms with Crippen molar-refractivity contribution in [1.29, 1.82) is 0 Å². The van der Waals surface area contributed by atoms with Gasteiger partial charge in [-0.2, -0.15) is 0 Å². The van der Waals surface area contributed by atoms with Crippen LogP contribution in [0.4, 0.5) is 0 Å². The Labute approximate surface area is 97.0 Å². The van der Waals surface area contributed by atoms with Gasteiger partial charge >= 0.3 is 0 Å². The van der Waals surface area contributed by atoms with E-state index >= 15 is 0 Å². The second-order valence-corrected chi connectivity index (χ2v) is 4.46. The molecular weight excluding hydrogens is 200 g/mol. The molecule has 1 aromatic rings. The highest BCUT2D eigenvalue weighted by Crippen LogP contribution is 2.21. The molecule has 0 saturated carbocycles. The van der Waals surface area contributed by atoms with Crippen LogP contribution >= 0.6 is 0 Å². The van der Waals surface area contributed by atoms with Gasteiger partial charge in [-0.25, -0.2) is 0 Å². The van der Waals surface area contributed by atoms with Gasteiger partial charge in [0.2, 0.25) is 0 Å². The van der Waals surface area contributed by atoms with Crippen molar-refractivity contribution in [3.05, 3.63) is 30.1 Å². The van der Waals surface area contributed by atoms with Crippen molar-refractivity contribution in [3.8, 4) is 0 Å². The molecule has 2 unspecified atom stereocenters. The molecule has 0 aromatic carbocycles. The summed E-state index contributed by atoms with van der Waals surface area (Å²) in [5.41, 5.74) is 7.23. The molecule has 0 spiro atoms. The number of nitrogens with zero attached hydrogens (tertiary/aromatic N) is 1. The first-order valence-electron chi connectivity index (χ1n) is 6.13. The highest BCUT2D eigenvalue weighted by atomic mass is 16.5. The molecule has 1 aliphatic rings. The van der Waals surface area contributed by atoms with Crippen LogP contribution in [0.5, 0.6) is 0 Å². The average Bonchev–Trinajstić information content (AvgIpc) is 2.83. The first-order valence-corrected chi connectivity index (χ1v) is 6.13. The van der Waals surface area contributed by atoms with Crippen LogP contribution in [0.3, 0.4) is 0 Å². The second-order valence-electron chi connectivity index (χ2n) is 4.46. The third kappa shape index (κ3) is 3.29. The van der Waals surface area contributed by atoms with Crippen LogP contribution in [0, 0.1) is 0 Å². The molecule has 2 rings (SSSR count). The molecule has 2 N–H and O–H groups in total. The van der Waals surface area contributed by atoms with Gasteiger partial charge in [-0.3, -0.25) is 4.98 Å². The molecule has 2 atom stereocenters. The van der Waals surface area contributed by atoms with Crippen LogP contribution in [0.25, 0.3) is 0 Å². The zero-order valence-electron chi connectivity index (χ0n) is 9.64. The quantitative estimate of drug-likeness (QED) is 0.829. The lowest BCUT2D eigenvalue weighted by atomic mass is 10.0. The Morgan fingerprint density at radius 3 is 3.19 bits per heavy atom. The molecule has 1 saturated heterocycles. The van der Waals surface area contributed by atoms with E-state index in [0.717, 1.165) is 31.4 Å². The highest BCUT2D eigenvalue weighted by Gasteiger charge is 2.15. The van der Waals surface area contributed by atoms with E-state index in [1.165, 1.54) is 12.8 Å². The lowest BCUT2D eigenvalue weighted by molar-refractivity contribution is 0.101. The Hall–Kier alpha value is -0.930. The van der Waals surface area contributed by atoms with Crippen LogP contribution < -0.4 is 5.73 Å². The average molecular weight is 220 g/mol. The van der Waals surface area contributed by atoms with Crippen LogP contribution in [0.1, 0.15) is 43.7 Å². The van der Waals surface area contributed by atoms with Crippen LogP contribution in [0.15, 0.2) is 24.5 Å².